The minimum Gasteiger partial charge on any atom is -0.478 e. The fraction of sp³-hybridized carbons (Fsp3) is 0.333. The minimum absolute atomic E-state index is 0.0791. The van der Waals surface area contributed by atoms with Gasteiger partial charge in [-0.1, -0.05) is 23.2 Å². The second kappa shape index (κ2) is 5.67. The molecule has 0 unspecified atom stereocenters. The number of carboxylic acids is 1. The largest absolute Gasteiger partial charge is 0.478 e. The van der Waals surface area contributed by atoms with Crippen LogP contribution in [0, 0.1) is 0 Å². The van der Waals surface area contributed by atoms with Gasteiger partial charge in [0, 0.05) is 18.1 Å². The Morgan fingerprint density at radius 3 is 2.42 bits per heavy atom. The van der Waals surface area contributed by atoms with Crippen LogP contribution in [-0.4, -0.2) is 35.1 Å². The molecule has 2 N–H and O–H groups in total. The Morgan fingerprint density at radius 1 is 1.21 bits per heavy atom. The van der Waals surface area contributed by atoms with Gasteiger partial charge in [0.1, 0.15) is 0 Å². The molecule has 5 nitrogen and oxygen atoms in total. The van der Waals surface area contributed by atoms with Crippen LogP contribution in [0.1, 0.15) is 23.2 Å². The van der Waals surface area contributed by atoms with Gasteiger partial charge >= 0.3 is 12.0 Å². The molecule has 1 aliphatic heterocycles. The molecule has 0 bridgehead atoms. The van der Waals surface area contributed by atoms with E-state index in [0.717, 1.165) is 12.8 Å². The third kappa shape index (κ3) is 3.11. The van der Waals surface area contributed by atoms with Crippen molar-refractivity contribution < 1.29 is 14.7 Å². The van der Waals surface area contributed by atoms with E-state index in [4.69, 9.17) is 28.3 Å². The second-order valence-corrected chi connectivity index (χ2v) is 5.08. The van der Waals surface area contributed by atoms with Crippen LogP contribution in [0.5, 0.6) is 0 Å². The summed E-state index contributed by atoms with van der Waals surface area (Å²) in [5.41, 5.74) is -0.0412. The van der Waals surface area contributed by atoms with E-state index in [1.807, 2.05) is 0 Å². The van der Waals surface area contributed by atoms with Gasteiger partial charge in [-0.05, 0) is 25.0 Å². The number of rotatable bonds is 2. The summed E-state index contributed by atoms with van der Waals surface area (Å²) in [6.07, 6.45) is 1.90. The van der Waals surface area contributed by atoms with Gasteiger partial charge in [-0.2, -0.15) is 0 Å². The normalized spacial score (nSPS) is 14.5. The molecule has 1 saturated heterocycles. The number of nitrogens with one attached hydrogen (secondary N) is 1. The monoisotopic (exact) mass is 302 g/mol. The number of hydrogen-bond donors (Lipinski definition) is 2. The number of carbonyl (C=O) groups is 2. The van der Waals surface area contributed by atoms with Crippen molar-refractivity contribution in [2.45, 2.75) is 12.8 Å². The SMILES string of the molecule is O=C(O)c1cc(Cl)cc(Cl)c1NC(=O)N1CCCC1. The number of benzene rings is 1. The van der Waals surface area contributed by atoms with Gasteiger partial charge in [-0.25, -0.2) is 9.59 Å². The first kappa shape index (κ1) is 14.0. The van der Waals surface area contributed by atoms with Gasteiger partial charge in [-0.3, -0.25) is 0 Å². The van der Waals surface area contributed by atoms with E-state index in [1.54, 1.807) is 4.90 Å². The second-order valence-electron chi connectivity index (χ2n) is 4.24. The molecule has 1 aromatic carbocycles. The van der Waals surface area contributed by atoms with E-state index in [1.165, 1.54) is 12.1 Å². The lowest BCUT2D eigenvalue weighted by atomic mass is 10.2. The number of halogens is 2. The first-order valence-electron chi connectivity index (χ1n) is 5.77. The highest BCUT2D eigenvalue weighted by atomic mass is 35.5. The average molecular weight is 303 g/mol. The fourth-order valence-corrected chi connectivity index (χ4v) is 2.52. The van der Waals surface area contributed by atoms with Crippen LogP contribution in [-0.2, 0) is 0 Å². The van der Waals surface area contributed by atoms with Crippen LogP contribution in [0.4, 0.5) is 10.5 Å². The molecule has 1 aliphatic rings. The molecule has 1 fully saturated rings. The van der Waals surface area contributed by atoms with E-state index < -0.39 is 5.97 Å². The molecule has 0 aliphatic carbocycles. The Kier molecular flexibility index (Phi) is 4.17. The Balaban J connectivity index is 2.28. The van der Waals surface area contributed by atoms with Gasteiger partial charge in [0.05, 0.1) is 16.3 Å². The summed E-state index contributed by atoms with van der Waals surface area (Å²) >= 11 is 11.7. The van der Waals surface area contributed by atoms with E-state index >= 15 is 0 Å². The van der Waals surface area contributed by atoms with Crippen molar-refractivity contribution in [3.8, 4) is 0 Å². The predicted molar refractivity (Wildman–Crippen MR) is 73.2 cm³/mol. The molecule has 2 amide bonds. The highest BCUT2D eigenvalue weighted by molar-refractivity contribution is 6.37. The molecule has 0 spiro atoms. The minimum atomic E-state index is -1.19. The van der Waals surface area contributed by atoms with Crippen LogP contribution >= 0.6 is 23.2 Å². The molecule has 0 atom stereocenters. The van der Waals surface area contributed by atoms with Gasteiger partial charge in [0.2, 0.25) is 0 Å². The van der Waals surface area contributed by atoms with Crippen molar-refractivity contribution in [2.75, 3.05) is 18.4 Å². The Hall–Kier alpha value is -1.46. The quantitative estimate of drug-likeness (QED) is 0.880. The van der Waals surface area contributed by atoms with Gasteiger partial charge in [0.15, 0.2) is 0 Å². The maximum atomic E-state index is 12.0. The third-order valence-electron chi connectivity index (χ3n) is 2.91. The predicted octanol–water partition coefficient (Wildman–Crippen LogP) is 3.32. The van der Waals surface area contributed by atoms with Crippen molar-refractivity contribution >= 4 is 40.9 Å². The van der Waals surface area contributed by atoms with Crippen LogP contribution in [0.25, 0.3) is 0 Å². The molecule has 0 aromatic heterocycles. The Morgan fingerprint density at radius 2 is 1.84 bits per heavy atom. The van der Waals surface area contributed by atoms with Crippen LogP contribution in [0.15, 0.2) is 12.1 Å². The average Bonchev–Trinajstić information content (AvgIpc) is 2.85. The topological polar surface area (TPSA) is 69.6 Å². The van der Waals surface area contributed by atoms with Crippen molar-refractivity contribution in [3.05, 3.63) is 27.7 Å². The standard InChI is InChI=1S/C12H12Cl2N2O3/c13-7-5-8(11(17)18)10(9(14)6-7)15-12(19)16-3-1-2-4-16/h5-6H,1-4H2,(H,15,19)(H,17,18). The number of urea groups is 1. The highest BCUT2D eigenvalue weighted by Crippen LogP contribution is 2.30. The maximum Gasteiger partial charge on any atom is 0.337 e. The molecule has 19 heavy (non-hydrogen) atoms. The summed E-state index contributed by atoms with van der Waals surface area (Å²) in [4.78, 5) is 24.7. The van der Waals surface area contributed by atoms with Crippen molar-refractivity contribution in [1.29, 1.82) is 0 Å². The molecular formula is C12H12Cl2N2O3. The van der Waals surface area contributed by atoms with E-state index in [0.29, 0.717) is 13.1 Å². The van der Waals surface area contributed by atoms with Crippen LogP contribution < -0.4 is 5.32 Å². The smallest absolute Gasteiger partial charge is 0.337 e. The van der Waals surface area contributed by atoms with Crippen LogP contribution in [0.3, 0.4) is 0 Å². The third-order valence-corrected chi connectivity index (χ3v) is 3.43. The summed E-state index contributed by atoms with van der Waals surface area (Å²) in [5, 5.41) is 12.0. The van der Waals surface area contributed by atoms with E-state index in [9.17, 15) is 9.59 Å². The van der Waals surface area contributed by atoms with Crippen molar-refractivity contribution in [2.24, 2.45) is 0 Å². The molecule has 2 rings (SSSR count). The van der Waals surface area contributed by atoms with Crippen molar-refractivity contribution in [1.82, 2.24) is 4.90 Å². The summed E-state index contributed by atoms with van der Waals surface area (Å²) in [7, 11) is 0. The lowest BCUT2D eigenvalue weighted by Gasteiger charge is -2.18. The van der Waals surface area contributed by atoms with Crippen molar-refractivity contribution in [3.63, 3.8) is 0 Å². The molecule has 7 heteroatoms. The fourth-order valence-electron chi connectivity index (χ4n) is 1.98. The molecule has 102 valence electrons. The summed E-state index contributed by atoms with van der Waals surface area (Å²) < 4.78 is 0. The number of amides is 2. The number of carboxylic acid groups (broad SMARTS) is 1. The van der Waals surface area contributed by atoms with E-state index in [2.05, 4.69) is 5.32 Å². The van der Waals surface area contributed by atoms with Gasteiger partial charge in [0.25, 0.3) is 0 Å². The van der Waals surface area contributed by atoms with Gasteiger partial charge in [-0.15, -0.1) is 0 Å². The first-order chi connectivity index (χ1) is 8.99. The molecule has 0 saturated carbocycles. The van der Waals surface area contributed by atoms with Crippen LogP contribution in [0.2, 0.25) is 10.0 Å². The maximum absolute atomic E-state index is 12.0. The zero-order valence-corrected chi connectivity index (χ0v) is 11.5. The molecule has 1 heterocycles. The van der Waals surface area contributed by atoms with Gasteiger partial charge < -0.3 is 15.3 Å². The molecule has 0 radical (unpaired) electrons. The number of hydrogen-bond acceptors (Lipinski definition) is 2. The molecular weight excluding hydrogens is 291 g/mol. The number of anilines is 1. The number of nitrogens with zero attached hydrogens (tertiary/aromatic N) is 1. The highest BCUT2D eigenvalue weighted by Gasteiger charge is 2.22. The Labute approximate surface area is 120 Å². The summed E-state index contributed by atoms with van der Waals surface area (Å²) in [5.74, 6) is -1.19. The Bertz CT molecular complexity index is 528. The van der Waals surface area contributed by atoms with E-state index in [-0.39, 0.29) is 27.3 Å². The first-order valence-corrected chi connectivity index (χ1v) is 6.53. The summed E-state index contributed by atoms with van der Waals surface area (Å²) in [6, 6.07) is 2.31. The molecule has 1 aromatic rings. The number of likely N-dealkylation sites (tertiary alicyclic amines) is 1. The zero-order chi connectivity index (χ0) is 14.0. The lowest BCUT2D eigenvalue weighted by Crippen LogP contribution is -2.32. The zero-order valence-electron chi connectivity index (χ0n) is 9.95. The number of aromatic carboxylic acids is 1. The lowest BCUT2D eigenvalue weighted by molar-refractivity contribution is 0.0698. The summed E-state index contributed by atoms with van der Waals surface area (Å²) in [6.45, 7) is 1.33. The number of carbonyl (C=O) groups excluding carboxylic acids is 1.